The standard InChI is InChI=1S/C12H13N3O4/c13-8(6-16)11-14-12(19-15-11)7-2-1-3-9-10(7)18-5-4-17-9/h1-3,8,16H,4-6,13H2. The lowest BCUT2D eigenvalue weighted by Gasteiger charge is -2.19. The average molecular weight is 263 g/mol. The second-order valence-corrected chi connectivity index (χ2v) is 4.08. The van der Waals surface area contributed by atoms with Gasteiger partial charge < -0.3 is 24.8 Å². The van der Waals surface area contributed by atoms with Crippen LogP contribution in [0.2, 0.25) is 0 Å². The second-order valence-electron chi connectivity index (χ2n) is 4.08. The van der Waals surface area contributed by atoms with Crippen LogP contribution in [0.25, 0.3) is 11.5 Å². The molecule has 1 aliphatic heterocycles. The highest BCUT2D eigenvalue weighted by Crippen LogP contribution is 2.39. The molecule has 1 aliphatic rings. The van der Waals surface area contributed by atoms with Crippen LogP contribution >= 0.6 is 0 Å². The van der Waals surface area contributed by atoms with Crippen molar-refractivity contribution in [1.29, 1.82) is 0 Å². The summed E-state index contributed by atoms with van der Waals surface area (Å²) in [5.74, 6) is 1.78. The Morgan fingerprint density at radius 3 is 3.00 bits per heavy atom. The molecule has 1 aromatic carbocycles. The highest BCUT2D eigenvalue weighted by atomic mass is 16.6. The fraction of sp³-hybridized carbons (Fsp3) is 0.333. The normalized spacial score (nSPS) is 15.3. The van der Waals surface area contributed by atoms with E-state index in [4.69, 9.17) is 24.8 Å². The van der Waals surface area contributed by atoms with Gasteiger partial charge in [0.15, 0.2) is 17.3 Å². The van der Waals surface area contributed by atoms with E-state index in [0.29, 0.717) is 36.2 Å². The number of nitrogens with two attached hydrogens (primary N) is 1. The predicted molar refractivity (Wildman–Crippen MR) is 64.7 cm³/mol. The van der Waals surface area contributed by atoms with Gasteiger partial charge in [0.05, 0.1) is 18.2 Å². The van der Waals surface area contributed by atoms with Crippen LogP contribution in [0.1, 0.15) is 11.9 Å². The minimum Gasteiger partial charge on any atom is -0.486 e. The van der Waals surface area contributed by atoms with Crippen molar-refractivity contribution in [2.75, 3.05) is 19.8 Å². The molecule has 0 saturated carbocycles. The SMILES string of the molecule is NC(CO)c1noc(-c2cccc3c2OCCO3)n1. The van der Waals surface area contributed by atoms with Gasteiger partial charge in [-0.15, -0.1) is 0 Å². The van der Waals surface area contributed by atoms with Crippen LogP contribution in [0, 0.1) is 0 Å². The maximum Gasteiger partial charge on any atom is 0.261 e. The lowest BCUT2D eigenvalue weighted by molar-refractivity contribution is 0.172. The molecule has 0 radical (unpaired) electrons. The minimum absolute atomic E-state index is 0.245. The number of nitrogens with zero attached hydrogens (tertiary/aromatic N) is 2. The number of hydrogen-bond acceptors (Lipinski definition) is 7. The molecule has 0 bridgehead atoms. The first-order valence-electron chi connectivity index (χ1n) is 5.88. The van der Waals surface area contributed by atoms with Gasteiger partial charge >= 0.3 is 0 Å². The first-order chi connectivity index (χ1) is 9.29. The van der Waals surface area contributed by atoms with Crippen molar-refractivity contribution in [3.8, 4) is 23.0 Å². The molecule has 0 saturated heterocycles. The van der Waals surface area contributed by atoms with Crippen molar-refractivity contribution in [2.45, 2.75) is 6.04 Å². The number of aliphatic hydroxyl groups is 1. The van der Waals surface area contributed by atoms with Crippen molar-refractivity contribution in [3.05, 3.63) is 24.0 Å². The third-order valence-corrected chi connectivity index (χ3v) is 2.77. The van der Waals surface area contributed by atoms with Crippen LogP contribution in [0.3, 0.4) is 0 Å². The van der Waals surface area contributed by atoms with Gasteiger partial charge in [0.2, 0.25) is 0 Å². The van der Waals surface area contributed by atoms with E-state index in [0.717, 1.165) is 0 Å². The molecule has 1 unspecified atom stereocenters. The Morgan fingerprint density at radius 1 is 1.32 bits per heavy atom. The Labute approximate surface area is 108 Å². The third-order valence-electron chi connectivity index (χ3n) is 2.77. The molecule has 7 nitrogen and oxygen atoms in total. The zero-order chi connectivity index (χ0) is 13.2. The number of aliphatic hydroxyl groups excluding tert-OH is 1. The molecular formula is C12H13N3O4. The van der Waals surface area contributed by atoms with Gasteiger partial charge in [-0.2, -0.15) is 4.98 Å². The summed E-state index contributed by atoms with van der Waals surface area (Å²) >= 11 is 0. The molecule has 0 aliphatic carbocycles. The summed E-state index contributed by atoms with van der Waals surface area (Å²) < 4.78 is 16.2. The molecular weight excluding hydrogens is 250 g/mol. The summed E-state index contributed by atoms with van der Waals surface area (Å²) in [6, 6.07) is 4.78. The Bertz CT molecular complexity index is 584. The number of rotatable bonds is 3. The van der Waals surface area contributed by atoms with Crippen molar-refractivity contribution in [2.24, 2.45) is 5.73 Å². The van der Waals surface area contributed by atoms with Crippen LogP contribution in [-0.2, 0) is 0 Å². The molecule has 1 aromatic heterocycles. The minimum atomic E-state index is -0.658. The van der Waals surface area contributed by atoms with Gasteiger partial charge in [0.25, 0.3) is 5.89 Å². The van der Waals surface area contributed by atoms with E-state index in [9.17, 15) is 0 Å². The molecule has 19 heavy (non-hydrogen) atoms. The first-order valence-corrected chi connectivity index (χ1v) is 5.88. The van der Waals surface area contributed by atoms with Crippen molar-refractivity contribution in [1.82, 2.24) is 10.1 Å². The number of ether oxygens (including phenoxy) is 2. The monoisotopic (exact) mass is 263 g/mol. The lowest BCUT2D eigenvalue weighted by Crippen LogP contribution is -2.16. The summed E-state index contributed by atoms with van der Waals surface area (Å²) in [7, 11) is 0. The predicted octanol–water partition coefficient (Wildman–Crippen LogP) is 0.500. The van der Waals surface area contributed by atoms with Crippen LogP contribution in [0.5, 0.6) is 11.5 Å². The number of benzene rings is 1. The molecule has 3 rings (SSSR count). The largest absolute Gasteiger partial charge is 0.486 e. The zero-order valence-corrected chi connectivity index (χ0v) is 10.1. The molecule has 100 valence electrons. The highest BCUT2D eigenvalue weighted by molar-refractivity contribution is 5.67. The topological polar surface area (TPSA) is 104 Å². The molecule has 3 N–H and O–H groups in total. The molecule has 0 spiro atoms. The zero-order valence-electron chi connectivity index (χ0n) is 10.1. The van der Waals surface area contributed by atoms with E-state index in [2.05, 4.69) is 10.1 Å². The van der Waals surface area contributed by atoms with E-state index < -0.39 is 6.04 Å². The number of fused-ring (bicyclic) bond motifs is 1. The van der Waals surface area contributed by atoms with E-state index >= 15 is 0 Å². The maximum absolute atomic E-state index is 8.97. The van der Waals surface area contributed by atoms with Crippen molar-refractivity contribution in [3.63, 3.8) is 0 Å². The molecule has 1 atom stereocenters. The van der Waals surface area contributed by atoms with Crippen LogP contribution in [0.15, 0.2) is 22.7 Å². The van der Waals surface area contributed by atoms with Crippen LogP contribution in [-0.4, -0.2) is 35.1 Å². The Kier molecular flexibility index (Phi) is 3.06. The van der Waals surface area contributed by atoms with Gasteiger partial charge in [0.1, 0.15) is 13.2 Å². The summed E-state index contributed by atoms with van der Waals surface area (Å²) in [4.78, 5) is 4.16. The maximum atomic E-state index is 8.97. The summed E-state index contributed by atoms with van der Waals surface area (Å²) in [5.41, 5.74) is 6.29. The van der Waals surface area contributed by atoms with Crippen molar-refractivity contribution < 1.29 is 19.1 Å². The number of aromatic nitrogens is 2. The van der Waals surface area contributed by atoms with Gasteiger partial charge in [-0.25, -0.2) is 0 Å². The first kappa shape index (κ1) is 11.9. The third kappa shape index (κ3) is 2.13. The van der Waals surface area contributed by atoms with E-state index in [1.54, 1.807) is 6.07 Å². The number of hydrogen-bond donors (Lipinski definition) is 2. The van der Waals surface area contributed by atoms with E-state index in [1.807, 2.05) is 12.1 Å². The molecule has 0 fully saturated rings. The van der Waals surface area contributed by atoms with Crippen molar-refractivity contribution >= 4 is 0 Å². The van der Waals surface area contributed by atoms with Gasteiger partial charge in [0, 0.05) is 0 Å². The van der Waals surface area contributed by atoms with Crippen LogP contribution < -0.4 is 15.2 Å². The van der Waals surface area contributed by atoms with Gasteiger partial charge in [-0.3, -0.25) is 0 Å². The van der Waals surface area contributed by atoms with Crippen LogP contribution in [0.4, 0.5) is 0 Å². The quantitative estimate of drug-likeness (QED) is 0.830. The second kappa shape index (κ2) is 4.87. The summed E-state index contributed by atoms with van der Waals surface area (Å²) in [6.45, 7) is 0.744. The summed E-state index contributed by atoms with van der Waals surface area (Å²) in [5, 5.41) is 12.7. The Morgan fingerprint density at radius 2 is 2.16 bits per heavy atom. The average Bonchev–Trinajstić information content (AvgIpc) is 2.95. The van der Waals surface area contributed by atoms with E-state index in [-0.39, 0.29) is 12.4 Å². The Balaban J connectivity index is 2.00. The Hall–Kier alpha value is -2.12. The molecule has 2 aromatic rings. The lowest BCUT2D eigenvalue weighted by atomic mass is 10.1. The molecule has 7 heteroatoms. The van der Waals surface area contributed by atoms with Gasteiger partial charge in [-0.1, -0.05) is 11.2 Å². The summed E-state index contributed by atoms with van der Waals surface area (Å²) in [6.07, 6.45) is 0. The molecule has 0 amide bonds. The molecule has 2 heterocycles. The fourth-order valence-electron chi connectivity index (χ4n) is 1.82. The highest BCUT2D eigenvalue weighted by Gasteiger charge is 2.22. The fourth-order valence-corrected chi connectivity index (χ4v) is 1.82. The smallest absolute Gasteiger partial charge is 0.261 e. The van der Waals surface area contributed by atoms with Gasteiger partial charge in [-0.05, 0) is 12.1 Å². The van der Waals surface area contributed by atoms with E-state index in [1.165, 1.54) is 0 Å². The number of para-hydroxylation sites is 1.